The standard InChI is InChI=1S/C16H19N3O3S2/c20-14(10-11-24(21,22)13-8-4-5-9-13)17-16-18-15(19-23-16)12-6-2-1-3-7-12/h1-3,6-7,13H,4-5,8-11H2,(H,17,18,19,20). The summed E-state index contributed by atoms with van der Waals surface area (Å²) in [6.45, 7) is 0. The van der Waals surface area contributed by atoms with Crippen LogP contribution in [0.4, 0.5) is 5.13 Å². The van der Waals surface area contributed by atoms with Crippen LogP contribution >= 0.6 is 11.5 Å². The van der Waals surface area contributed by atoms with E-state index in [2.05, 4.69) is 14.7 Å². The topological polar surface area (TPSA) is 89.0 Å². The third-order valence-electron chi connectivity index (χ3n) is 4.13. The van der Waals surface area contributed by atoms with Gasteiger partial charge >= 0.3 is 0 Å². The zero-order valence-corrected chi connectivity index (χ0v) is 14.8. The Morgan fingerprint density at radius 1 is 1.21 bits per heavy atom. The minimum atomic E-state index is -3.18. The molecule has 1 aliphatic rings. The van der Waals surface area contributed by atoms with E-state index in [0.717, 1.165) is 42.8 Å². The van der Waals surface area contributed by atoms with Gasteiger partial charge in [0.2, 0.25) is 11.0 Å². The quantitative estimate of drug-likeness (QED) is 0.850. The third-order valence-corrected chi connectivity index (χ3v) is 7.02. The molecule has 0 bridgehead atoms. The number of carbonyl (C=O) groups is 1. The number of sulfone groups is 1. The number of hydrogen-bond donors (Lipinski definition) is 1. The molecule has 128 valence electrons. The maximum Gasteiger partial charge on any atom is 0.227 e. The Morgan fingerprint density at radius 2 is 1.92 bits per heavy atom. The summed E-state index contributed by atoms with van der Waals surface area (Å²) < 4.78 is 28.6. The average Bonchev–Trinajstić information content (AvgIpc) is 3.26. The van der Waals surface area contributed by atoms with Crippen molar-refractivity contribution in [3.8, 4) is 11.4 Å². The van der Waals surface area contributed by atoms with Gasteiger partial charge in [-0.1, -0.05) is 43.2 Å². The minimum Gasteiger partial charge on any atom is -0.301 e. The first-order valence-electron chi connectivity index (χ1n) is 7.95. The van der Waals surface area contributed by atoms with Crippen molar-refractivity contribution in [2.75, 3.05) is 11.1 Å². The first-order valence-corrected chi connectivity index (χ1v) is 10.4. The second-order valence-electron chi connectivity index (χ2n) is 5.86. The lowest BCUT2D eigenvalue weighted by Crippen LogP contribution is -2.24. The Balaban J connectivity index is 1.55. The molecule has 1 saturated carbocycles. The number of anilines is 1. The van der Waals surface area contributed by atoms with E-state index in [9.17, 15) is 13.2 Å². The summed E-state index contributed by atoms with van der Waals surface area (Å²) in [6.07, 6.45) is 3.33. The van der Waals surface area contributed by atoms with Gasteiger partial charge in [0.1, 0.15) is 0 Å². The summed E-state index contributed by atoms with van der Waals surface area (Å²) in [4.78, 5) is 16.3. The van der Waals surface area contributed by atoms with Crippen LogP contribution in [0.15, 0.2) is 30.3 Å². The van der Waals surface area contributed by atoms with Gasteiger partial charge in [0.05, 0.1) is 11.0 Å². The highest BCUT2D eigenvalue weighted by Crippen LogP contribution is 2.26. The summed E-state index contributed by atoms with van der Waals surface area (Å²) >= 11 is 1.09. The van der Waals surface area contributed by atoms with E-state index >= 15 is 0 Å². The molecule has 1 amide bonds. The zero-order valence-electron chi connectivity index (χ0n) is 13.1. The molecule has 1 aromatic heterocycles. The molecule has 24 heavy (non-hydrogen) atoms. The zero-order chi connectivity index (χ0) is 17.0. The Morgan fingerprint density at radius 3 is 2.62 bits per heavy atom. The average molecular weight is 365 g/mol. The lowest BCUT2D eigenvalue weighted by Gasteiger charge is -2.10. The van der Waals surface area contributed by atoms with Crippen molar-refractivity contribution in [3.63, 3.8) is 0 Å². The number of benzene rings is 1. The van der Waals surface area contributed by atoms with E-state index in [1.54, 1.807) is 0 Å². The maximum absolute atomic E-state index is 12.2. The van der Waals surface area contributed by atoms with E-state index in [1.165, 1.54) is 0 Å². The number of nitrogens with zero attached hydrogens (tertiary/aromatic N) is 2. The molecule has 0 atom stereocenters. The Bertz CT molecular complexity index is 797. The van der Waals surface area contributed by atoms with Gasteiger partial charge in [-0.3, -0.25) is 4.79 Å². The molecule has 0 spiro atoms. The van der Waals surface area contributed by atoms with Gasteiger partial charge in [-0.05, 0) is 12.8 Å². The van der Waals surface area contributed by atoms with Crippen LogP contribution in [0.2, 0.25) is 0 Å². The van der Waals surface area contributed by atoms with Crippen LogP contribution in [0.1, 0.15) is 32.1 Å². The highest BCUT2D eigenvalue weighted by Gasteiger charge is 2.28. The Labute approximate surface area is 145 Å². The molecule has 8 heteroatoms. The van der Waals surface area contributed by atoms with Crippen LogP contribution in [0.5, 0.6) is 0 Å². The van der Waals surface area contributed by atoms with Gasteiger partial charge in [0, 0.05) is 23.5 Å². The van der Waals surface area contributed by atoms with Crippen LogP contribution in [-0.4, -0.2) is 34.7 Å². The van der Waals surface area contributed by atoms with E-state index in [1.807, 2.05) is 30.3 Å². The molecule has 1 heterocycles. The molecule has 2 aromatic rings. The predicted octanol–water partition coefficient (Wildman–Crippen LogP) is 2.89. The Kier molecular flexibility index (Phi) is 5.25. The van der Waals surface area contributed by atoms with E-state index < -0.39 is 9.84 Å². The van der Waals surface area contributed by atoms with E-state index in [-0.39, 0.29) is 23.3 Å². The lowest BCUT2D eigenvalue weighted by atomic mass is 10.2. The van der Waals surface area contributed by atoms with E-state index in [0.29, 0.717) is 11.0 Å². The molecule has 0 radical (unpaired) electrons. The van der Waals surface area contributed by atoms with Gasteiger partial charge in [-0.25, -0.2) is 8.42 Å². The van der Waals surface area contributed by atoms with Crippen molar-refractivity contribution in [2.45, 2.75) is 37.4 Å². The van der Waals surface area contributed by atoms with Crippen molar-refractivity contribution in [1.29, 1.82) is 0 Å². The number of carbonyl (C=O) groups excluding carboxylic acids is 1. The maximum atomic E-state index is 12.2. The van der Waals surface area contributed by atoms with Gasteiger partial charge in [0.15, 0.2) is 15.7 Å². The fourth-order valence-corrected chi connectivity index (χ4v) is 5.27. The smallest absolute Gasteiger partial charge is 0.227 e. The van der Waals surface area contributed by atoms with Gasteiger partial charge in [-0.15, -0.1) is 0 Å². The fraction of sp³-hybridized carbons (Fsp3) is 0.438. The molecule has 6 nitrogen and oxygen atoms in total. The molecule has 0 saturated heterocycles. The molecule has 3 rings (SSSR count). The molecule has 1 aliphatic carbocycles. The second-order valence-corrected chi connectivity index (χ2v) is 9.01. The predicted molar refractivity (Wildman–Crippen MR) is 94.6 cm³/mol. The number of nitrogens with one attached hydrogen (secondary N) is 1. The summed E-state index contributed by atoms with van der Waals surface area (Å²) in [5, 5.41) is 2.76. The van der Waals surface area contributed by atoms with Crippen molar-refractivity contribution in [3.05, 3.63) is 30.3 Å². The highest BCUT2D eigenvalue weighted by molar-refractivity contribution is 7.92. The third kappa shape index (κ3) is 4.18. The first kappa shape index (κ1) is 17.0. The van der Waals surface area contributed by atoms with Crippen LogP contribution < -0.4 is 5.32 Å². The number of hydrogen-bond acceptors (Lipinski definition) is 6. The molecule has 1 N–H and O–H groups in total. The summed E-state index contributed by atoms with van der Waals surface area (Å²) in [5.74, 6) is 0.107. The van der Waals surface area contributed by atoms with Gasteiger partial charge in [0.25, 0.3) is 0 Å². The first-order chi connectivity index (χ1) is 11.5. The molecular formula is C16H19N3O3S2. The highest BCUT2D eigenvalue weighted by atomic mass is 32.2. The van der Waals surface area contributed by atoms with Gasteiger partial charge < -0.3 is 5.32 Å². The van der Waals surface area contributed by atoms with Crippen molar-refractivity contribution >= 4 is 32.4 Å². The van der Waals surface area contributed by atoms with Crippen LogP contribution in [0.25, 0.3) is 11.4 Å². The number of rotatable bonds is 6. The number of amides is 1. The van der Waals surface area contributed by atoms with Crippen LogP contribution in [-0.2, 0) is 14.6 Å². The summed E-state index contributed by atoms with van der Waals surface area (Å²) in [6, 6.07) is 9.47. The lowest BCUT2D eigenvalue weighted by molar-refractivity contribution is -0.115. The van der Waals surface area contributed by atoms with Crippen molar-refractivity contribution in [1.82, 2.24) is 9.36 Å². The molecule has 0 unspecified atom stereocenters. The number of aromatic nitrogens is 2. The molecule has 1 aromatic carbocycles. The Hall–Kier alpha value is -1.80. The molecule has 0 aliphatic heterocycles. The molecular weight excluding hydrogens is 346 g/mol. The monoisotopic (exact) mass is 365 g/mol. The van der Waals surface area contributed by atoms with E-state index in [4.69, 9.17) is 0 Å². The van der Waals surface area contributed by atoms with Gasteiger partial charge in [-0.2, -0.15) is 9.36 Å². The summed E-state index contributed by atoms with van der Waals surface area (Å²) in [7, 11) is -3.18. The second kappa shape index (κ2) is 7.40. The summed E-state index contributed by atoms with van der Waals surface area (Å²) in [5.41, 5.74) is 0.873. The van der Waals surface area contributed by atoms with Crippen molar-refractivity contribution in [2.24, 2.45) is 0 Å². The SMILES string of the molecule is O=C(CCS(=O)(=O)C1CCCC1)Nc1nc(-c2ccccc2)ns1. The normalized spacial score (nSPS) is 15.5. The molecule has 1 fully saturated rings. The van der Waals surface area contributed by atoms with Crippen molar-refractivity contribution < 1.29 is 13.2 Å². The largest absolute Gasteiger partial charge is 0.301 e. The minimum absolute atomic E-state index is 0.0426. The van der Waals surface area contributed by atoms with Crippen LogP contribution in [0.3, 0.4) is 0 Å². The fourth-order valence-electron chi connectivity index (χ4n) is 2.81. The van der Waals surface area contributed by atoms with Crippen LogP contribution in [0, 0.1) is 0 Å².